The number of anilines is 1. The van der Waals surface area contributed by atoms with E-state index in [1.54, 1.807) is 29.8 Å². The van der Waals surface area contributed by atoms with Crippen molar-refractivity contribution in [2.75, 3.05) is 38.6 Å². The molecule has 0 radical (unpaired) electrons. The number of nitrogens with one attached hydrogen (secondary N) is 1. The number of thiazole rings is 1. The lowest BCUT2D eigenvalue weighted by atomic mass is 10.3. The molecule has 1 aromatic carbocycles. The number of urea groups is 1. The molecule has 0 atom stereocenters. The van der Waals surface area contributed by atoms with Gasteiger partial charge in [-0.3, -0.25) is 4.90 Å². The molecule has 2 amide bonds. The number of hydrogen-bond acceptors (Lipinski definition) is 6. The van der Waals surface area contributed by atoms with E-state index in [2.05, 4.69) is 33.1 Å². The van der Waals surface area contributed by atoms with E-state index in [0.29, 0.717) is 13.1 Å². The first-order valence-electron chi connectivity index (χ1n) is 9.12. The van der Waals surface area contributed by atoms with Gasteiger partial charge in [0.05, 0.1) is 24.2 Å². The Bertz CT molecular complexity index is 901. The predicted octanol–water partition coefficient (Wildman–Crippen LogP) is 4.23. The van der Waals surface area contributed by atoms with Gasteiger partial charge in [-0.15, -0.1) is 22.7 Å². The van der Waals surface area contributed by atoms with Crippen molar-refractivity contribution in [3.05, 3.63) is 52.2 Å². The minimum Gasteiger partial charge on any atom is -0.497 e. The molecule has 1 N–H and O–H groups in total. The van der Waals surface area contributed by atoms with Crippen LogP contribution in [-0.4, -0.2) is 54.1 Å². The number of rotatable bonds is 5. The summed E-state index contributed by atoms with van der Waals surface area (Å²) in [6.45, 7) is 3.97. The molecule has 146 valence electrons. The first kappa shape index (κ1) is 18.9. The topological polar surface area (TPSA) is 57.7 Å². The van der Waals surface area contributed by atoms with Crippen molar-refractivity contribution < 1.29 is 9.53 Å². The van der Waals surface area contributed by atoms with Crippen LogP contribution in [0, 0.1) is 0 Å². The number of benzene rings is 1. The third kappa shape index (κ3) is 4.52. The van der Waals surface area contributed by atoms with Crippen molar-refractivity contribution in [3.63, 3.8) is 0 Å². The van der Waals surface area contributed by atoms with Crippen LogP contribution in [0.2, 0.25) is 0 Å². The SMILES string of the molecule is COc1ccc(NC(=O)N2CCN(Cc3nc(-c4cccs4)cs3)CC2)cc1. The largest absolute Gasteiger partial charge is 0.497 e. The van der Waals surface area contributed by atoms with Crippen LogP contribution < -0.4 is 10.1 Å². The zero-order valence-corrected chi connectivity index (χ0v) is 17.3. The van der Waals surface area contributed by atoms with Gasteiger partial charge < -0.3 is 15.0 Å². The van der Waals surface area contributed by atoms with E-state index in [1.165, 1.54) is 4.88 Å². The Labute approximate surface area is 172 Å². The fourth-order valence-corrected chi connectivity index (χ4v) is 4.69. The summed E-state index contributed by atoms with van der Waals surface area (Å²) in [6, 6.07) is 11.5. The Kier molecular flexibility index (Phi) is 5.90. The molecule has 0 spiro atoms. The minimum atomic E-state index is -0.0564. The Balaban J connectivity index is 1.26. The van der Waals surface area contributed by atoms with E-state index in [9.17, 15) is 4.79 Å². The van der Waals surface area contributed by atoms with Gasteiger partial charge in [0.15, 0.2) is 0 Å². The molecule has 0 saturated carbocycles. The molecule has 4 rings (SSSR count). The van der Waals surface area contributed by atoms with E-state index < -0.39 is 0 Å². The van der Waals surface area contributed by atoms with Crippen LogP contribution in [-0.2, 0) is 6.54 Å². The molecule has 0 aliphatic carbocycles. The second kappa shape index (κ2) is 8.72. The number of carbonyl (C=O) groups is 1. The van der Waals surface area contributed by atoms with Gasteiger partial charge in [0.2, 0.25) is 0 Å². The number of aromatic nitrogens is 1. The highest BCUT2D eigenvalue weighted by atomic mass is 32.1. The maximum Gasteiger partial charge on any atom is 0.321 e. The standard InChI is InChI=1S/C20H22N4O2S2/c1-26-16-6-4-15(5-7-16)21-20(25)24-10-8-23(9-11-24)13-19-22-17(14-28-19)18-3-2-12-27-18/h2-7,12,14H,8-11,13H2,1H3,(H,21,25). The van der Waals surface area contributed by atoms with Crippen molar-refractivity contribution in [1.82, 2.24) is 14.8 Å². The number of amides is 2. The van der Waals surface area contributed by atoms with Crippen molar-refractivity contribution >= 4 is 34.4 Å². The lowest BCUT2D eigenvalue weighted by Crippen LogP contribution is -2.49. The van der Waals surface area contributed by atoms with Gasteiger partial charge in [-0.25, -0.2) is 9.78 Å². The summed E-state index contributed by atoms with van der Waals surface area (Å²) < 4.78 is 5.14. The van der Waals surface area contributed by atoms with Gasteiger partial charge in [0, 0.05) is 37.2 Å². The fourth-order valence-electron chi connectivity index (χ4n) is 3.10. The molecule has 3 heterocycles. The first-order valence-corrected chi connectivity index (χ1v) is 10.9. The maximum atomic E-state index is 12.5. The average molecular weight is 415 g/mol. The molecule has 0 bridgehead atoms. The number of hydrogen-bond donors (Lipinski definition) is 1. The van der Waals surface area contributed by atoms with E-state index in [-0.39, 0.29) is 6.03 Å². The molecule has 8 heteroatoms. The highest BCUT2D eigenvalue weighted by Gasteiger charge is 2.22. The van der Waals surface area contributed by atoms with Gasteiger partial charge in [-0.1, -0.05) is 6.07 Å². The Morgan fingerprint density at radius 3 is 2.61 bits per heavy atom. The van der Waals surface area contributed by atoms with Gasteiger partial charge in [0.25, 0.3) is 0 Å². The number of piperazine rings is 1. The molecule has 0 unspecified atom stereocenters. The molecule has 28 heavy (non-hydrogen) atoms. The third-order valence-corrected chi connectivity index (χ3v) is 6.41. The van der Waals surface area contributed by atoms with Crippen molar-refractivity contribution in [3.8, 4) is 16.3 Å². The molecular formula is C20H22N4O2S2. The second-order valence-corrected chi connectivity index (χ2v) is 8.42. The van der Waals surface area contributed by atoms with Crippen LogP contribution in [0.15, 0.2) is 47.2 Å². The van der Waals surface area contributed by atoms with E-state index >= 15 is 0 Å². The molecule has 2 aromatic heterocycles. The lowest BCUT2D eigenvalue weighted by molar-refractivity contribution is 0.143. The van der Waals surface area contributed by atoms with Crippen molar-refractivity contribution in [1.29, 1.82) is 0 Å². The summed E-state index contributed by atoms with van der Waals surface area (Å²) in [5, 5.41) is 8.27. The van der Waals surface area contributed by atoms with Crippen LogP contribution in [0.4, 0.5) is 10.5 Å². The molecule has 1 aliphatic heterocycles. The Hall–Kier alpha value is -2.42. The maximum absolute atomic E-state index is 12.5. The molecule has 6 nitrogen and oxygen atoms in total. The van der Waals surface area contributed by atoms with Crippen LogP contribution >= 0.6 is 22.7 Å². The second-order valence-electron chi connectivity index (χ2n) is 6.53. The predicted molar refractivity (Wildman–Crippen MR) is 114 cm³/mol. The van der Waals surface area contributed by atoms with Crippen molar-refractivity contribution in [2.24, 2.45) is 0 Å². The van der Waals surface area contributed by atoms with Gasteiger partial charge in [0.1, 0.15) is 10.8 Å². The number of thiophene rings is 1. The van der Waals surface area contributed by atoms with E-state index in [1.807, 2.05) is 29.2 Å². The average Bonchev–Trinajstić information content (AvgIpc) is 3.41. The van der Waals surface area contributed by atoms with Crippen LogP contribution in [0.5, 0.6) is 5.75 Å². The number of methoxy groups -OCH3 is 1. The summed E-state index contributed by atoms with van der Waals surface area (Å²) in [4.78, 5) is 22.7. The van der Waals surface area contributed by atoms with Crippen LogP contribution in [0.25, 0.3) is 10.6 Å². The van der Waals surface area contributed by atoms with E-state index in [0.717, 1.165) is 41.8 Å². The third-order valence-electron chi connectivity index (χ3n) is 4.69. The number of nitrogens with zero attached hydrogens (tertiary/aromatic N) is 3. The molecule has 1 aliphatic rings. The van der Waals surface area contributed by atoms with E-state index in [4.69, 9.17) is 9.72 Å². The Morgan fingerprint density at radius 2 is 1.93 bits per heavy atom. The first-order chi connectivity index (χ1) is 13.7. The quantitative estimate of drug-likeness (QED) is 0.679. The zero-order valence-electron chi connectivity index (χ0n) is 15.6. The number of ether oxygens (including phenoxy) is 1. The lowest BCUT2D eigenvalue weighted by Gasteiger charge is -2.34. The molecule has 3 aromatic rings. The monoisotopic (exact) mass is 414 g/mol. The number of carbonyl (C=O) groups excluding carboxylic acids is 1. The normalized spacial score (nSPS) is 14.8. The Morgan fingerprint density at radius 1 is 1.14 bits per heavy atom. The molecule has 1 fully saturated rings. The minimum absolute atomic E-state index is 0.0564. The highest BCUT2D eigenvalue weighted by molar-refractivity contribution is 7.14. The van der Waals surface area contributed by atoms with Gasteiger partial charge >= 0.3 is 6.03 Å². The summed E-state index contributed by atoms with van der Waals surface area (Å²) in [6.07, 6.45) is 0. The zero-order chi connectivity index (χ0) is 19.3. The summed E-state index contributed by atoms with van der Waals surface area (Å²) in [5.41, 5.74) is 1.84. The van der Waals surface area contributed by atoms with Crippen molar-refractivity contribution in [2.45, 2.75) is 6.54 Å². The van der Waals surface area contributed by atoms with Crippen LogP contribution in [0.1, 0.15) is 5.01 Å². The highest BCUT2D eigenvalue weighted by Crippen LogP contribution is 2.26. The van der Waals surface area contributed by atoms with Gasteiger partial charge in [-0.05, 0) is 35.7 Å². The van der Waals surface area contributed by atoms with Crippen LogP contribution in [0.3, 0.4) is 0 Å². The molecular weight excluding hydrogens is 392 g/mol. The summed E-state index contributed by atoms with van der Waals surface area (Å²) in [5.74, 6) is 0.774. The fraction of sp³-hybridized carbons (Fsp3) is 0.300. The summed E-state index contributed by atoms with van der Waals surface area (Å²) in [7, 11) is 1.63. The van der Waals surface area contributed by atoms with Gasteiger partial charge in [-0.2, -0.15) is 0 Å². The summed E-state index contributed by atoms with van der Waals surface area (Å²) >= 11 is 3.42. The molecule has 1 saturated heterocycles. The smallest absolute Gasteiger partial charge is 0.321 e.